The molecule has 180 valence electrons. The molecule has 1 fully saturated rings. The van der Waals surface area contributed by atoms with Crippen LogP contribution in [0.2, 0.25) is 0 Å². The zero-order chi connectivity index (χ0) is 23.8. The van der Waals surface area contributed by atoms with Crippen LogP contribution in [-0.4, -0.2) is 71.0 Å². The number of aliphatic hydroxyl groups excluding tert-OH is 4. The van der Waals surface area contributed by atoms with Crippen LogP contribution in [0.3, 0.4) is 0 Å². The van der Waals surface area contributed by atoms with Gasteiger partial charge in [-0.1, -0.05) is 6.07 Å². The van der Waals surface area contributed by atoms with Crippen molar-refractivity contribution in [2.45, 2.75) is 37.1 Å². The SMILES string of the molecule is O=c1c(-c2ccc3c(c2)OCCCO3)coc2cc(O[C@@H]3O[C@@H](CO)[C@@H](O)[C@@H](O)[C@@H]3O)ccc12. The molecule has 0 amide bonds. The van der Waals surface area contributed by atoms with E-state index in [9.17, 15) is 25.2 Å². The third-order valence-electron chi connectivity index (χ3n) is 5.91. The van der Waals surface area contributed by atoms with Gasteiger partial charge in [0.25, 0.3) is 0 Å². The second-order valence-electron chi connectivity index (χ2n) is 8.16. The van der Waals surface area contributed by atoms with E-state index in [4.69, 9.17) is 23.4 Å². The molecule has 1 aromatic heterocycles. The molecule has 2 aliphatic heterocycles. The summed E-state index contributed by atoms with van der Waals surface area (Å²) in [5, 5.41) is 39.6. The normalized spacial score (nSPS) is 26.8. The Morgan fingerprint density at radius 2 is 1.74 bits per heavy atom. The molecule has 0 aliphatic carbocycles. The number of aliphatic hydroxyl groups is 4. The van der Waals surface area contributed by atoms with Crippen molar-refractivity contribution >= 4 is 11.0 Å². The minimum Gasteiger partial charge on any atom is -0.490 e. The smallest absolute Gasteiger partial charge is 0.229 e. The van der Waals surface area contributed by atoms with Crippen LogP contribution in [0, 0.1) is 0 Å². The summed E-state index contributed by atoms with van der Waals surface area (Å²) in [5.41, 5.74) is 0.965. The molecule has 3 aromatic rings. The minimum absolute atomic E-state index is 0.198. The third-order valence-corrected chi connectivity index (χ3v) is 5.91. The van der Waals surface area contributed by atoms with E-state index in [0.717, 1.165) is 6.42 Å². The Balaban J connectivity index is 1.42. The summed E-state index contributed by atoms with van der Waals surface area (Å²) in [7, 11) is 0. The first kappa shape index (κ1) is 22.6. The van der Waals surface area contributed by atoms with Crippen LogP contribution in [-0.2, 0) is 4.74 Å². The molecule has 2 aromatic carbocycles. The summed E-state index contributed by atoms with van der Waals surface area (Å²) in [6.45, 7) is 0.526. The van der Waals surface area contributed by atoms with Crippen LogP contribution in [0.25, 0.3) is 22.1 Å². The Bertz CT molecular complexity index is 1240. The molecule has 10 heteroatoms. The number of benzene rings is 2. The van der Waals surface area contributed by atoms with Gasteiger partial charge >= 0.3 is 0 Å². The molecule has 0 radical (unpaired) electrons. The Labute approximate surface area is 193 Å². The molecule has 0 spiro atoms. The Kier molecular flexibility index (Phi) is 6.15. The van der Waals surface area contributed by atoms with Crippen molar-refractivity contribution in [2.24, 2.45) is 0 Å². The second kappa shape index (κ2) is 9.24. The van der Waals surface area contributed by atoms with Crippen LogP contribution in [0.1, 0.15) is 6.42 Å². The van der Waals surface area contributed by atoms with Gasteiger partial charge in [0.05, 0.1) is 30.8 Å². The molecule has 10 nitrogen and oxygen atoms in total. The van der Waals surface area contributed by atoms with Crippen molar-refractivity contribution in [2.75, 3.05) is 19.8 Å². The van der Waals surface area contributed by atoms with Crippen LogP contribution in [0.15, 0.2) is 51.9 Å². The molecule has 5 atom stereocenters. The van der Waals surface area contributed by atoms with Crippen molar-refractivity contribution in [3.05, 3.63) is 52.9 Å². The standard InChI is InChI=1S/C24H24O10/c25-10-19-21(27)22(28)23(29)24(34-19)33-13-3-4-14-17(9-13)32-11-15(20(14)26)12-2-5-16-18(8-12)31-7-1-6-30-16/h2-5,8-9,11,19,21-25,27-29H,1,6-7,10H2/t19-,21+,22+,23-,24+/m0/s1. The summed E-state index contributed by atoms with van der Waals surface area (Å²) in [6.07, 6.45) is -4.93. The van der Waals surface area contributed by atoms with Gasteiger partial charge in [-0.3, -0.25) is 4.79 Å². The van der Waals surface area contributed by atoms with E-state index in [1.54, 1.807) is 18.2 Å². The van der Waals surface area contributed by atoms with Gasteiger partial charge in [0.1, 0.15) is 42.0 Å². The van der Waals surface area contributed by atoms with Crippen molar-refractivity contribution < 1.29 is 43.8 Å². The van der Waals surface area contributed by atoms with Gasteiger partial charge < -0.3 is 43.8 Å². The van der Waals surface area contributed by atoms with Crippen LogP contribution < -0.4 is 19.6 Å². The number of fused-ring (bicyclic) bond motifs is 2. The fourth-order valence-electron chi connectivity index (χ4n) is 4.01. The lowest BCUT2D eigenvalue weighted by atomic mass is 9.99. The Hall–Kier alpha value is -3.15. The predicted octanol–water partition coefficient (Wildman–Crippen LogP) is 0.800. The van der Waals surface area contributed by atoms with Crippen molar-refractivity contribution in [1.29, 1.82) is 0 Å². The lowest BCUT2D eigenvalue weighted by Crippen LogP contribution is -2.60. The van der Waals surface area contributed by atoms with Crippen molar-refractivity contribution in [3.63, 3.8) is 0 Å². The molecule has 4 N–H and O–H groups in total. The monoisotopic (exact) mass is 472 g/mol. The van der Waals surface area contributed by atoms with E-state index >= 15 is 0 Å². The quantitative estimate of drug-likeness (QED) is 0.430. The molecule has 34 heavy (non-hydrogen) atoms. The maximum atomic E-state index is 13.2. The zero-order valence-corrected chi connectivity index (χ0v) is 18.0. The van der Waals surface area contributed by atoms with E-state index in [1.165, 1.54) is 24.5 Å². The van der Waals surface area contributed by atoms with Gasteiger partial charge in [-0.15, -0.1) is 0 Å². The summed E-state index contributed by atoms with van der Waals surface area (Å²) in [5.74, 6) is 1.39. The van der Waals surface area contributed by atoms with Gasteiger partial charge in [-0.2, -0.15) is 0 Å². The summed E-state index contributed by atoms with van der Waals surface area (Å²) < 4.78 is 28.0. The second-order valence-corrected chi connectivity index (χ2v) is 8.16. The van der Waals surface area contributed by atoms with Gasteiger partial charge in [-0.05, 0) is 29.8 Å². The highest BCUT2D eigenvalue weighted by Crippen LogP contribution is 2.34. The van der Waals surface area contributed by atoms with Gasteiger partial charge in [-0.25, -0.2) is 0 Å². The molecule has 3 heterocycles. The van der Waals surface area contributed by atoms with E-state index < -0.39 is 37.3 Å². The highest BCUT2D eigenvalue weighted by molar-refractivity contribution is 5.83. The average Bonchev–Trinajstić information content (AvgIpc) is 3.09. The fourth-order valence-corrected chi connectivity index (χ4v) is 4.01. The molecule has 0 unspecified atom stereocenters. The van der Waals surface area contributed by atoms with Gasteiger partial charge in [0, 0.05) is 12.5 Å². The fraction of sp³-hybridized carbons (Fsp3) is 0.375. The molecule has 2 aliphatic rings. The first-order valence-corrected chi connectivity index (χ1v) is 10.9. The maximum absolute atomic E-state index is 13.2. The Morgan fingerprint density at radius 3 is 2.53 bits per heavy atom. The Morgan fingerprint density at radius 1 is 0.941 bits per heavy atom. The number of ether oxygens (including phenoxy) is 4. The van der Waals surface area contributed by atoms with Gasteiger partial charge in [0.2, 0.25) is 6.29 Å². The zero-order valence-electron chi connectivity index (χ0n) is 18.0. The minimum atomic E-state index is -1.56. The molecular weight excluding hydrogens is 448 g/mol. The van der Waals surface area contributed by atoms with Gasteiger partial charge in [0.15, 0.2) is 16.9 Å². The van der Waals surface area contributed by atoms with Crippen molar-refractivity contribution in [3.8, 4) is 28.4 Å². The lowest BCUT2D eigenvalue weighted by Gasteiger charge is -2.39. The lowest BCUT2D eigenvalue weighted by molar-refractivity contribution is -0.277. The highest BCUT2D eigenvalue weighted by atomic mass is 16.7. The maximum Gasteiger partial charge on any atom is 0.229 e. The molecule has 0 saturated carbocycles. The summed E-state index contributed by atoms with van der Waals surface area (Å²) in [4.78, 5) is 13.2. The number of hydrogen-bond donors (Lipinski definition) is 4. The van der Waals surface area contributed by atoms with Crippen LogP contribution in [0.4, 0.5) is 0 Å². The van der Waals surface area contributed by atoms with E-state index in [2.05, 4.69) is 0 Å². The molecule has 5 rings (SSSR count). The molecular formula is C24H24O10. The summed E-state index contributed by atoms with van der Waals surface area (Å²) >= 11 is 0. The summed E-state index contributed by atoms with van der Waals surface area (Å²) in [6, 6.07) is 9.75. The predicted molar refractivity (Wildman–Crippen MR) is 118 cm³/mol. The van der Waals surface area contributed by atoms with Crippen LogP contribution >= 0.6 is 0 Å². The number of rotatable bonds is 4. The highest BCUT2D eigenvalue weighted by Gasteiger charge is 2.44. The molecule has 1 saturated heterocycles. The number of hydrogen-bond acceptors (Lipinski definition) is 10. The first-order valence-electron chi connectivity index (χ1n) is 10.9. The van der Waals surface area contributed by atoms with E-state index in [-0.39, 0.29) is 16.8 Å². The third kappa shape index (κ3) is 4.10. The van der Waals surface area contributed by atoms with E-state index in [1.807, 2.05) is 0 Å². The average molecular weight is 472 g/mol. The van der Waals surface area contributed by atoms with Crippen LogP contribution in [0.5, 0.6) is 17.2 Å². The first-order chi connectivity index (χ1) is 16.5. The molecule has 0 bridgehead atoms. The topological polar surface area (TPSA) is 148 Å². The largest absolute Gasteiger partial charge is 0.490 e. The van der Waals surface area contributed by atoms with E-state index in [0.29, 0.717) is 41.2 Å². The van der Waals surface area contributed by atoms with Crippen molar-refractivity contribution in [1.82, 2.24) is 0 Å².